The van der Waals surface area contributed by atoms with Crippen LogP contribution in [0.3, 0.4) is 0 Å². The summed E-state index contributed by atoms with van der Waals surface area (Å²) >= 11 is 0. The molecule has 0 atom stereocenters. The van der Waals surface area contributed by atoms with Crippen LogP contribution >= 0.6 is 0 Å². The van der Waals surface area contributed by atoms with E-state index in [1.807, 2.05) is 23.1 Å². The lowest BCUT2D eigenvalue weighted by atomic mass is 9.95. The Labute approximate surface area is 168 Å². The number of nitrogens with one attached hydrogen (secondary N) is 1. The third kappa shape index (κ3) is 5.63. The van der Waals surface area contributed by atoms with Crippen LogP contribution in [0.2, 0.25) is 0 Å². The maximum Gasteiger partial charge on any atom is 0.222 e. The summed E-state index contributed by atoms with van der Waals surface area (Å²) in [6.07, 6.45) is 7.43. The number of carbonyl (C=O) groups is 2. The van der Waals surface area contributed by atoms with Gasteiger partial charge in [-0.1, -0.05) is 31.4 Å². The first-order chi connectivity index (χ1) is 13.7. The Morgan fingerprint density at radius 2 is 1.75 bits per heavy atom. The zero-order valence-electron chi connectivity index (χ0n) is 17.0. The summed E-state index contributed by atoms with van der Waals surface area (Å²) in [7, 11) is 1.68. The lowest BCUT2D eigenvalue weighted by molar-refractivity contribution is -0.131. The number of ether oxygens (including phenoxy) is 1. The summed E-state index contributed by atoms with van der Waals surface area (Å²) < 4.78 is 5.44. The Kier molecular flexibility index (Phi) is 7.57. The Bertz CT molecular complexity index is 650. The number of benzene rings is 1. The van der Waals surface area contributed by atoms with Crippen molar-refractivity contribution in [2.45, 2.75) is 57.4 Å². The SMILES string of the molecule is COc1ccccc1N1CCN(C(=O)CCCC(=O)NC2CCCCC2)CC1. The number of amides is 2. The molecule has 6 nitrogen and oxygen atoms in total. The smallest absolute Gasteiger partial charge is 0.222 e. The van der Waals surface area contributed by atoms with Gasteiger partial charge in [0.15, 0.2) is 0 Å². The van der Waals surface area contributed by atoms with E-state index in [9.17, 15) is 9.59 Å². The summed E-state index contributed by atoms with van der Waals surface area (Å²) in [5.74, 6) is 1.12. The molecule has 1 aromatic carbocycles. The van der Waals surface area contributed by atoms with Crippen molar-refractivity contribution in [2.24, 2.45) is 0 Å². The van der Waals surface area contributed by atoms with Crippen LogP contribution in [0, 0.1) is 0 Å². The first kappa shape index (κ1) is 20.5. The fraction of sp³-hybridized carbons (Fsp3) is 0.636. The molecule has 1 saturated heterocycles. The molecular weight excluding hydrogens is 354 g/mol. The number of para-hydroxylation sites is 2. The van der Waals surface area contributed by atoms with Crippen molar-refractivity contribution in [3.05, 3.63) is 24.3 Å². The van der Waals surface area contributed by atoms with Crippen molar-refractivity contribution >= 4 is 17.5 Å². The summed E-state index contributed by atoms with van der Waals surface area (Å²) in [6, 6.07) is 8.34. The van der Waals surface area contributed by atoms with Gasteiger partial charge in [0.05, 0.1) is 12.8 Å². The Morgan fingerprint density at radius 3 is 2.46 bits per heavy atom. The standard InChI is InChI=1S/C22H33N3O3/c1-28-20-11-6-5-10-19(20)24-14-16-25(17-15-24)22(27)13-7-12-21(26)23-18-8-3-2-4-9-18/h5-6,10-11,18H,2-4,7-9,12-17H2,1H3,(H,23,26). The van der Waals surface area contributed by atoms with Crippen molar-refractivity contribution in [3.63, 3.8) is 0 Å². The molecule has 0 spiro atoms. The van der Waals surface area contributed by atoms with Gasteiger partial charge >= 0.3 is 0 Å². The fourth-order valence-corrected chi connectivity index (χ4v) is 4.19. The first-order valence-electron chi connectivity index (χ1n) is 10.6. The lowest BCUT2D eigenvalue weighted by Gasteiger charge is -2.36. The van der Waals surface area contributed by atoms with Crippen molar-refractivity contribution in [3.8, 4) is 5.75 Å². The Morgan fingerprint density at radius 1 is 1.04 bits per heavy atom. The molecule has 0 bridgehead atoms. The average molecular weight is 388 g/mol. The molecule has 1 heterocycles. The minimum absolute atomic E-state index is 0.0979. The summed E-state index contributed by atoms with van der Waals surface area (Å²) in [5.41, 5.74) is 1.08. The van der Waals surface area contributed by atoms with Gasteiger partial charge in [0.25, 0.3) is 0 Å². The molecule has 0 aromatic heterocycles. The summed E-state index contributed by atoms with van der Waals surface area (Å²) in [4.78, 5) is 28.7. The topological polar surface area (TPSA) is 61.9 Å². The van der Waals surface area contributed by atoms with Crippen LogP contribution in [0.1, 0.15) is 51.4 Å². The highest BCUT2D eigenvalue weighted by Crippen LogP contribution is 2.28. The average Bonchev–Trinajstić information content (AvgIpc) is 2.74. The van der Waals surface area contributed by atoms with Crippen LogP contribution in [0.5, 0.6) is 5.75 Å². The largest absolute Gasteiger partial charge is 0.495 e. The molecule has 0 radical (unpaired) electrons. The number of anilines is 1. The molecule has 154 valence electrons. The predicted molar refractivity (Wildman–Crippen MR) is 111 cm³/mol. The van der Waals surface area contributed by atoms with E-state index in [-0.39, 0.29) is 11.8 Å². The summed E-state index contributed by atoms with van der Waals surface area (Å²) in [5, 5.41) is 3.12. The normalized spacial score (nSPS) is 18.0. The van der Waals surface area contributed by atoms with E-state index < -0.39 is 0 Å². The zero-order chi connectivity index (χ0) is 19.8. The van der Waals surface area contributed by atoms with Crippen LogP contribution in [0.25, 0.3) is 0 Å². The van der Waals surface area contributed by atoms with Gasteiger partial charge < -0.3 is 19.9 Å². The second kappa shape index (κ2) is 10.3. The van der Waals surface area contributed by atoms with Gasteiger partial charge in [-0.3, -0.25) is 9.59 Å². The van der Waals surface area contributed by atoms with Gasteiger partial charge in [0, 0.05) is 45.1 Å². The van der Waals surface area contributed by atoms with Gasteiger partial charge in [-0.25, -0.2) is 0 Å². The van der Waals surface area contributed by atoms with E-state index in [4.69, 9.17) is 4.74 Å². The second-order valence-corrected chi connectivity index (χ2v) is 7.80. The molecular formula is C22H33N3O3. The van der Waals surface area contributed by atoms with Crippen molar-refractivity contribution in [1.82, 2.24) is 10.2 Å². The highest BCUT2D eigenvalue weighted by atomic mass is 16.5. The number of nitrogens with zero attached hydrogens (tertiary/aromatic N) is 2. The number of piperazine rings is 1. The molecule has 2 aliphatic rings. The lowest BCUT2D eigenvalue weighted by Crippen LogP contribution is -2.48. The van der Waals surface area contributed by atoms with E-state index in [2.05, 4.69) is 16.3 Å². The van der Waals surface area contributed by atoms with Crippen LogP contribution in [0.4, 0.5) is 5.69 Å². The predicted octanol–water partition coefficient (Wildman–Crippen LogP) is 2.96. The minimum atomic E-state index is 0.0979. The minimum Gasteiger partial charge on any atom is -0.495 e. The maximum absolute atomic E-state index is 12.5. The highest BCUT2D eigenvalue weighted by Gasteiger charge is 2.23. The van der Waals surface area contributed by atoms with E-state index in [1.165, 1.54) is 19.3 Å². The zero-order valence-corrected chi connectivity index (χ0v) is 17.0. The van der Waals surface area contributed by atoms with Gasteiger partial charge in [-0.05, 0) is 31.4 Å². The maximum atomic E-state index is 12.5. The van der Waals surface area contributed by atoms with Crippen molar-refractivity contribution in [2.75, 3.05) is 38.2 Å². The molecule has 1 aliphatic carbocycles. The van der Waals surface area contributed by atoms with Gasteiger partial charge in [-0.15, -0.1) is 0 Å². The van der Waals surface area contributed by atoms with Crippen molar-refractivity contribution < 1.29 is 14.3 Å². The third-order valence-electron chi connectivity index (χ3n) is 5.82. The van der Waals surface area contributed by atoms with Crippen LogP contribution in [-0.4, -0.2) is 56.0 Å². The number of hydrogen-bond acceptors (Lipinski definition) is 4. The molecule has 2 fully saturated rings. The molecule has 2 amide bonds. The van der Waals surface area contributed by atoms with Gasteiger partial charge in [0.1, 0.15) is 5.75 Å². The monoisotopic (exact) mass is 387 g/mol. The van der Waals surface area contributed by atoms with Crippen molar-refractivity contribution in [1.29, 1.82) is 0 Å². The number of hydrogen-bond donors (Lipinski definition) is 1. The van der Waals surface area contributed by atoms with E-state index in [0.717, 1.165) is 37.4 Å². The van der Waals surface area contributed by atoms with E-state index in [1.54, 1.807) is 7.11 Å². The van der Waals surface area contributed by atoms with Crippen LogP contribution in [-0.2, 0) is 9.59 Å². The number of carbonyl (C=O) groups excluding carboxylic acids is 2. The quantitative estimate of drug-likeness (QED) is 0.781. The van der Waals surface area contributed by atoms with E-state index >= 15 is 0 Å². The summed E-state index contributed by atoms with van der Waals surface area (Å²) in [6.45, 7) is 3.03. The number of methoxy groups -OCH3 is 1. The molecule has 3 rings (SSSR count). The fourth-order valence-electron chi connectivity index (χ4n) is 4.19. The van der Waals surface area contributed by atoms with Gasteiger partial charge in [0.2, 0.25) is 11.8 Å². The number of rotatable bonds is 7. The first-order valence-corrected chi connectivity index (χ1v) is 10.6. The molecule has 6 heteroatoms. The molecule has 1 aliphatic heterocycles. The second-order valence-electron chi connectivity index (χ2n) is 7.80. The third-order valence-corrected chi connectivity index (χ3v) is 5.82. The Hall–Kier alpha value is -2.24. The van der Waals surface area contributed by atoms with Crippen LogP contribution < -0.4 is 15.0 Å². The van der Waals surface area contributed by atoms with Gasteiger partial charge in [-0.2, -0.15) is 0 Å². The molecule has 1 N–H and O–H groups in total. The molecule has 28 heavy (non-hydrogen) atoms. The van der Waals surface area contributed by atoms with Crippen LogP contribution in [0.15, 0.2) is 24.3 Å². The molecule has 1 saturated carbocycles. The highest BCUT2D eigenvalue weighted by molar-refractivity contribution is 5.79. The molecule has 0 unspecified atom stereocenters. The molecule has 1 aromatic rings. The Balaban J connectivity index is 1.36. The van der Waals surface area contributed by atoms with E-state index in [0.29, 0.717) is 38.4 Å².